The lowest BCUT2D eigenvalue weighted by atomic mass is 10.1. The van der Waals surface area contributed by atoms with Gasteiger partial charge in [-0.2, -0.15) is 5.26 Å². The van der Waals surface area contributed by atoms with E-state index in [4.69, 9.17) is 21.6 Å². The number of hydrogen-bond donors (Lipinski definition) is 1. The first-order valence-electron chi connectivity index (χ1n) is 6.48. The minimum Gasteiger partial charge on any atom is -0.544 e. The summed E-state index contributed by atoms with van der Waals surface area (Å²) in [5.41, 5.74) is -0.0275. The van der Waals surface area contributed by atoms with E-state index < -0.39 is 11.5 Å². The van der Waals surface area contributed by atoms with Crippen molar-refractivity contribution in [2.45, 2.75) is 6.42 Å². The number of nitriles is 1. The molecule has 5 nitrogen and oxygen atoms in total. The number of carboxylic acid groups (broad SMARTS) is 1. The fourth-order valence-corrected chi connectivity index (χ4v) is 1.84. The van der Waals surface area contributed by atoms with Crippen LogP contribution in [0.3, 0.4) is 0 Å². The van der Waals surface area contributed by atoms with Gasteiger partial charge in [0.05, 0.1) is 38.8 Å². The number of halogens is 1. The Kier molecular flexibility index (Phi) is 6.73. The van der Waals surface area contributed by atoms with Gasteiger partial charge in [0.15, 0.2) is 0 Å². The molecule has 0 saturated heterocycles. The Labute approximate surface area is 129 Å². The first kappa shape index (κ1) is 17.0. The van der Waals surface area contributed by atoms with Crippen LogP contribution in [-0.4, -0.2) is 33.2 Å². The third kappa shape index (κ3) is 5.86. The second kappa shape index (κ2) is 8.30. The van der Waals surface area contributed by atoms with E-state index in [-0.39, 0.29) is 0 Å². The standard InChI is InChI=1S/C15H17ClN2O3/c1-18(2)6-3-7-21-14-5-4-13(16)9-11(14)8-12(10-17)15(19)20/h4-5,8-9H,3,6-7H2,1-2H3,(H,19,20)/b12-8+. The molecule has 0 aromatic heterocycles. The summed E-state index contributed by atoms with van der Waals surface area (Å²) in [4.78, 5) is 12.1. The Hall–Kier alpha value is -2.03. The van der Waals surface area contributed by atoms with Crippen LogP contribution in [0, 0.1) is 11.3 Å². The highest BCUT2D eigenvalue weighted by Gasteiger charge is 2.06. The lowest BCUT2D eigenvalue weighted by Crippen LogP contribution is -3.05. The molecule has 112 valence electrons. The zero-order chi connectivity index (χ0) is 15.8. The molecule has 0 saturated carbocycles. The molecule has 21 heavy (non-hydrogen) atoms. The topological polar surface area (TPSA) is 77.6 Å². The summed E-state index contributed by atoms with van der Waals surface area (Å²) in [5, 5.41) is 20.0. The number of nitrogens with zero attached hydrogens (tertiary/aromatic N) is 1. The number of aliphatic carboxylic acids is 1. The molecule has 0 aliphatic carbocycles. The molecule has 0 atom stereocenters. The van der Waals surface area contributed by atoms with Crippen molar-refractivity contribution in [3.05, 3.63) is 34.4 Å². The van der Waals surface area contributed by atoms with Crippen molar-refractivity contribution in [3.63, 3.8) is 0 Å². The third-order valence-corrected chi connectivity index (χ3v) is 2.93. The number of benzene rings is 1. The predicted molar refractivity (Wildman–Crippen MR) is 77.8 cm³/mol. The van der Waals surface area contributed by atoms with Gasteiger partial charge < -0.3 is 19.5 Å². The zero-order valence-corrected chi connectivity index (χ0v) is 12.7. The first-order chi connectivity index (χ1) is 9.93. The monoisotopic (exact) mass is 308 g/mol. The van der Waals surface area contributed by atoms with Gasteiger partial charge in [0, 0.05) is 17.0 Å². The average Bonchev–Trinajstić information content (AvgIpc) is 2.42. The predicted octanol–water partition coefficient (Wildman–Crippen LogP) is -0.0897. The van der Waals surface area contributed by atoms with Crippen LogP contribution < -0.4 is 14.7 Å². The van der Waals surface area contributed by atoms with Crippen LogP contribution in [0.25, 0.3) is 6.08 Å². The van der Waals surface area contributed by atoms with Crippen LogP contribution in [-0.2, 0) is 4.79 Å². The molecule has 0 aliphatic rings. The summed E-state index contributed by atoms with van der Waals surface area (Å²) < 4.78 is 5.63. The van der Waals surface area contributed by atoms with Gasteiger partial charge in [-0.25, -0.2) is 0 Å². The molecular weight excluding hydrogens is 292 g/mol. The van der Waals surface area contributed by atoms with Crippen LogP contribution in [0.1, 0.15) is 12.0 Å². The molecule has 0 amide bonds. The number of rotatable bonds is 7. The summed E-state index contributed by atoms with van der Waals surface area (Å²) in [6.45, 7) is 1.46. The summed E-state index contributed by atoms with van der Waals surface area (Å²) in [6, 6.07) is 6.43. The molecule has 0 radical (unpaired) electrons. The maximum atomic E-state index is 10.8. The molecule has 1 aromatic carbocycles. The van der Waals surface area contributed by atoms with Gasteiger partial charge in [-0.1, -0.05) is 11.6 Å². The molecular formula is C15H17ClN2O3. The molecule has 0 spiro atoms. The summed E-state index contributed by atoms with van der Waals surface area (Å²) >= 11 is 5.89. The summed E-state index contributed by atoms with van der Waals surface area (Å²) in [7, 11) is 4.10. The van der Waals surface area contributed by atoms with Crippen molar-refractivity contribution < 1.29 is 19.5 Å². The fourth-order valence-electron chi connectivity index (χ4n) is 1.66. The quantitative estimate of drug-likeness (QED) is 0.434. The number of carbonyl (C=O) groups is 1. The van der Waals surface area contributed by atoms with Gasteiger partial charge in [-0.05, 0) is 24.3 Å². The van der Waals surface area contributed by atoms with Crippen molar-refractivity contribution in [3.8, 4) is 11.8 Å². The Morgan fingerprint density at radius 3 is 2.81 bits per heavy atom. The van der Waals surface area contributed by atoms with Crippen molar-refractivity contribution in [1.29, 1.82) is 5.26 Å². The van der Waals surface area contributed by atoms with Crippen LogP contribution in [0.15, 0.2) is 23.8 Å². The van der Waals surface area contributed by atoms with E-state index in [1.807, 2.05) is 0 Å². The second-order valence-electron chi connectivity index (χ2n) is 4.80. The van der Waals surface area contributed by atoms with Crippen molar-refractivity contribution in [2.24, 2.45) is 0 Å². The minimum atomic E-state index is -1.53. The van der Waals surface area contributed by atoms with Crippen LogP contribution in [0.2, 0.25) is 5.02 Å². The molecule has 6 heteroatoms. The first-order valence-corrected chi connectivity index (χ1v) is 6.86. The highest BCUT2D eigenvalue weighted by atomic mass is 35.5. The Bertz CT molecular complexity index is 577. The second-order valence-corrected chi connectivity index (χ2v) is 5.23. The van der Waals surface area contributed by atoms with Crippen LogP contribution in [0.4, 0.5) is 0 Å². The summed E-state index contributed by atoms with van der Waals surface area (Å²) in [6.07, 6.45) is 2.06. The number of nitrogens with one attached hydrogen (secondary N) is 1. The normalized spacial score (nSPS) is 11.3. The molecule has 0 fully saturated rings. The maximum absolute atomic E-state index is 10.8. The van der Waals surface area contributed by atoms with Crippen molar-refractivity contribution in [2.75, 3.05) is 27.2 Å². The SMILES string of the molecule is C[NH+](C)CCCOc1ccc(Cl)cc1/C=C(\C#N)C(=O)[O-]. The van der Waals surface area contributed by atoms with Gasteiger partial charge in [-0.15, -0.1) is 0 Å². The molecule has 1 rings (SSSR count). The number of ether oxygens (including phenoxy) is 1. The van der Waals surface area contributed by atoms with Gasteiger partial charge >= 0.3 is 0 Å². The van der Waals surface area contributed by atoms with Gasteiger partial charge in [-0.3, -0.25) is 0 Å². The largest absolute Gasteiger partial charge is 0.544 e. The lowest BCUT2D eigenvalue weighted by Gasteiger charge is -2.11. The van der Waals surface area contributed by atoms with E-state index in [1.165, 1.54) is 11.0 Å². The molecule has 0 unspecified atom stereocenters. The van der Waals surface area contributed by atoms with E-state index in [1.54, 1.807) is 24.3 Å². The van der Waals surface area contributed by atoms with Gasteiger partial charge in [0.1, 0.15) is 11.8 Å². The highest BCUT2D eigenvalue weighted by molar-refractivity contribution is 6.30. The number of quaternary nitrogens is 1. The Balaban J connectivity index is 2.90. The lowest BCUT2D eigenvalue weighted by molar-refractivity contribution is -0.858. The van der Waals surface area contributed by atoms with Gasteiger partial charge in [0.2, 0.25) is 0 Å². The van der Waals surface area contributed by atoms with E-state index in [9.17, 15) is 9.90 Å². The molecule has 1 aromatic rings. The maximum Gasteiger partial charge on any atom is 0.126 e. The molecule has 0 aliphatic heterocycles. The number of carboxylic acids is 1. The van der Waals surface area contributed by atoms with Gasteiger partial charge in [0.25, 0.3) is 0 Å². The minimum absolute atomic E-state index is 0.432. The molecule has 1 N–H and O–H groups in total. The molecule has 0 bridgehead atoms. The zero-order valence-electron chi connectivity index (χ0n) is 12.0. The third-order valence-electron chi connectivity index (χ3n) is 2.69. The Morgan fingerprint density at radius 1 is 1.52 bits per heavy atom. The average molecular weight is 309 g/mol. The number of carbonyl (C=O) groups excluding carboxylic acids is 1. The molecule has 0 heterocycles. The van der Waals surface area contributed by atoms with Crippen molar-refractivity contribution in [1.82, 2.24) is 0 Å². The van der Waals surface area contributed by atoms with Crippen molar-refractivity contribution >= 4 is 23.6 Å². The summed E-state index contributed by atoms with van der Waals surface area (Å²) in [5.74, 6) is -1.04. The van der Waals surface area contributed by atoms with Crippen LogP contribution in [0.5, 0.6) is 5.75 Å². The van der Waals surface area contributed by atoms with E-state index in [0.717, 1.165) is 13.0 Å². The highest BCUT2D eigenvalue weighted by Crippen LogP contribution is 2.25. The fraction of sp³-hybridized carbons (Fsp3) is 0.333. The van der Waals surface area contributed by atoms with E-state index >= 15 is 0 Å². The van der Waals surface area contributed by atoms with E-state index in [0.29, 0.717) is 22.9 Å². The smallest absolute Gasteiger partial charge is 0.126 e. The van der Waals surface area contributed by atoms with Crippen LogP contribution >= 0.6 is 11.6 Å². The number of hydrogen-bond acceptors (Lipinski definition) is 4. The Morgan fingerprint density at radius 2 is 2.24 bits per heavy atom. The van der Waals surface area contributed by atoms with E-state index in [2.05, 4.69) is 14.1 Å².